The maximum Gasteiger partial charge on any atom is 0.309 e. The summed E-state index contributed by atoms with van der Waals surface area (Å²) < 4.78 is 5.88. The van der Waals surface area contributed by atoms with E-state index in [1.165, 1.54) is 0 Å². The second-order valence-electron chi connectivity index (χ2n) is 7.79. The van der Waals surface area contributed by atoms with Crippen LogP contribution in [-0.4, -0.2) is 41.5 Å². The van der Waals surface area contributed by atoms with Crippen LogP contribution in [0, 0.1) is 23.2 Å². The van der Waals surface area contributed by atoms with Crippen molar-refractivity contribution >= 4 is 39.6 Å². The van der Waals surface area contributed by atoms with Gasteiger partial charge < -0.3 is 15.0 Å². The lowest BCUT2D eigenvalue weighted by Gasteiger charge is -2.33. The van der Waals surface area contributed by atoms with Gasteiger partial charge in [-0.1, -0.05) is 28.1 Å². The standard InChI is InChI=1S/C22H22BrN5O4/c1-2-32-21(31)12-6-8-28(9-7-12)22-26-18-17(20(30)27-22)16(15(11-24)19(29)25-18)13-4-3-5-14(23)10-13/h3-5,10,12,15-16H,2,6-9H2,1H3,(H2,25,26,27,29,30). The van der Waals surface area contributed by atoms with Gasteiger partial charge in [-0.2, -0.15) is 10.2 Å². The molecule has 2 unspecified atom stereocenters. The number of hydrogen-bond donors (Lipinski definition) is 2. The highest BCUT2D eigenvalue weighted by Crippen LogP contribution is 2.39. The fourth-order valence-electron chi connectivity index (χ4n) is 4.30. The Hall–Kier alpha value is -3.19. The number of esters is 1. The molecule has 10 heteroatoms. The molecule has 2 aliphatic heterocycles. The third-order valence-electron chi connectivity index (χ3n) is 5.87. The van der Waals surface area contributed by atoms with Gasteiger partial charge >= 0.3 is 5.97 Å². The Morgan fingerprint density at radius 3 is 2.75 bits per heavy atom. The van der Waals surface area contributed by atoms with Crippen LogP contribution >= 0.6 is 15.9 Å². The van der Waals surface area contributed by atoms with Crippen molar-refractivity contribution in [3.63, 3.8) is 0 Å². The molecule has 9 nitrogen and oxygen atoms in total. The number of H-pyrrole nitrogens is 1. The van der Waals surface area contributed by atoms with Crippen LogP contribution in [0.25, 0.3) is 0 Å². The van der Waals surface area contributed by atoms with E-state index in [1.807, 2.05) is 17.0 Å². The van der Waals surface area contributed by atoms with E-state index >= 15 is 0 Å². The molecular weight excluding hydrogens is 478 g/mol. The van der Waals surface area contributed by atoms with Crippen molar-refractivity contribution < 1.29 is 14.3 Å². The van der Waals surface area contributed by atoms with Crippen LogP contribution in [0.4, 0.5) is 11.8 Å². The van der Waals surface area contributed by atoms with E-state index in [-0.39, 0.29) is 23.3 Å². The monoisotopic (exact) mass is 499 g/mol. The van der Waals surface area contributed by atoms with Gasteiger partial charge in [-0.3, -0.25) is 19.4 Å². The lowest BCUT2D eigenvalue weighted by atomic mass is 9.79. The zero-order valence-corrected chi connectivity index (χ0v) is 19.0. The number of amides is 1. The van der Waals surface area contributed by atoms with Crippen molar-refractivity contribution in [2.75, 3.05) is 29.9 Å². The molecule has 2 aromatic rings. The number of ether oxygens (including phenoxy) is 1. The molecule has 166 valence electrons. The summed E-state index contributed by atoms with van der Waals surface area (Å²) in [7, 11) is 0. The lowest BCUT2D eigenvalue weighted by molar-refractivity contribution is -0.148. The summed E-state index contributed by atoms with van der Waals surface area (Å²) in [6, 6.07) is 9.24. The minimum Gasteiger partial charge on any atom is -0.466 e. The summed E-state index contributed by atoms with van der Waals surface area (Å²) in [5.41, 5.74) is 0.541. The molecular formula is C22H22BrN5O4. The first-order valence-corrected chi connectivity index (χ1v) is 11.2. The average Bonchev–Trinajstić information content (AvgIpc) is 2.78. The number of nitriles is 1. The molecule has 0 bridgehead atoms. The smallest absolute Gasteiger partial charge is 0.309 e. The van der Waals surface area contributed by atoms with E-state index in [4.69, 9.17) is 4.74 Å². The van der Waals surface area contributed by atoms with Gasteiger partial charge in [0.1, 0.15) is 11.7 Å². The third-order valence-corrected chi connectivity index (χ3v) is 6.37. The maximum absolute atomic E-state index is 13.2. The molecule has 1 amide bonds. The Morgan fingerprint density at radius 1 is 1.34 bits per heavy atom. The number of carbonyl (C=O) groups excluding carboxylic acids is 2. The molecule has 1 aromatic heterocycles. The molecule has 0 aliphatic carbocycles. The molecule has 0 radical (unpaired) electrons. The van der Waals surface area contributed by atoms with E-state index in [1.54, 1.807) is 25.1 Å². The van der Waals surface area contributed by atoms with Crippen LogP contribution in [0.3, 0.4) is 0 Å². The highest BCUT2D eigenvalue weighted by Gasteiger charge is 2.40. The summed E-state index contributed by atoms with van der Waals surface area (Å²) >= 11 is 3.41. The number of piperidine rings is 1. The van der Waals surface area contributed by atoms with Gasteiger partial charge in [-0.05, 0) is 37.5 Å². The lowest BCUT2D eigenvalue weighted by Crippen LogP contribution is -2.41. The largest absolute Gasteiger partial charge is 0.466 e. The molecule has 2 aliphatic rings. The minimum atomic E-state index is -1.05. The second kappa shape index (κ2) is 9.12. The highest BCUT2D eigenvalue weighted by molar-refractivity contribution is 9.10. The van der Waals surface area contributed by atoms with Gasteiger partial charge in [0.2, 0.25) is 11.9 Å². The summed E-state index contributed by atoms with van der Waals surface area (Å²) in [5.74, 6) is -2.15. The van der Waals surface area contributed by atoms with E-state index in [0.29, 0.717) is 44.0 Å². The van der Waals surface area contributed by atoms with Crippen LogP contribution in [0.2, 0.25) is 0 Å². The Labute approximate surface area is 192 Å². The summed E-state index contributed by atoms with van der Waals surface area (Å²) in [4.78, 5) is 47.0. The summed E-state index contributed by atoms with van der Waals surface area (Å²) in [6.07, 6.45) is 1.17. The predicted octanol–water partition coefficient (Wildman–Crippen LogP) is 2.54. The van der Waals surface area contributed by atoms with Crippen LogP contribution in [0.15, 0.2) is 33.5 Å². The first-order chi connectivity index (χ1) is 15.4. The third kappa shape index (κ3) is 4.12. The molecule has 2 N–H and O–H groups in total. The summed E-state index contributed by atoms with van der Waals surface area (Å²) in [6.45, 7) is 3.17. The topological polar surface area (TPSA) is 128 Å². The van der Waals surface area contributed by atoms with Crippen molar-refractivity contribution in [1.82, 2.24) is 9.97 Å². The number of benzene rings is 1. The zero-order valence-electron chi connectivity index (χ0n) is 17.4. The van der Waals surface area contributed by atoms with E-state index in [2.05, 4.69) is 31.2 Å². The fraction of sp³-hybridized carbons (Fsp3) is 0.409. The first kappa shape index (κ1) is 22.0. The van der Waals surface area contributed by atoms with Crippen LogP contribution in [0.1, 0.15) is 36.8 Å². The molecule has 1 fully saturated rings. The van der Waals surface area contributed by atoms with E-state index < -0.39 is 23.3 Å². The molecule has 32 heavy (non-hydrogen) atoms. The Balaban J connectivity index is 1.67. The molecule has 0 saturated carbocycles. The molecule has 4 rings (SSSR count). The number of aromatic nitrogens is 2. The number of nitrogens with one attached hydrogen (secondary N) is 2. The van der Waals surface area contributed by atoms with Gasteiger partial charge in [-0.25, -0.2) is 0 Å². The predicted molar refractivity (Wildman–Crippen MR) is 120 cm³/mol. The molecule has 1 saturated heterocycles. The van der Waals surface area contributed by atoms with Crippen LogP contribution in [0.5, 0.6) is 0 Å². The zero-order chi connectivity index (χ0) is 22.8. The van der Waals surface area contributed by atoms with Gasteiger partial charge in [-0.15, -0.1) is 0 Å². The SMILES string of the molecule is CCOC(=O)C1CCN(c2nc3c(c(=O)[nH]2)C(c2cccc(Br)c2)C(C#N)C(=O)N3)CC1. The Bertz CT molecular complexity index is 1150. The maximum atomic E-state index is 13.2. The quantitative estimate of drug-likeness (QED) is 0.618. The summed E-state index contributed by atoms with van der Waals surface area (Å²) in [5, 5.41) is 12.3. The molecule has 2 atom stereocenters. The van der Waals surface area contributed by atoms with Gasteiger partial charge in [0, 0.05) is 23.5 Å². The number of fused-ring (bicyclic) bond motifs is 1. The second-order valence-corrected chi connectivity index (χ2v) is 8.71. The van der Waals surface area contributed by atoms with E-state index in [9.17, 15) is 19.6 Å². The average molecular weight is 500 g/mol. The van der Waals surface area contributed by atoms with Crippen molar-refractivity contribution in [3.05, 3.63) is 50.2 Å². The van der Waals surface area contributed by atoms with Gasteiger partial charge in [0.05, 0.1) is 24.2 Å². The fourth-order valence-corrected chi connectivity index (χ4v) is 4.71. The first-order valence-electron chi connectivity index (χ1n) is 10.4. The Morgan fingerprint density at radius 2 is 2.09 bits per heavy atom. The number of hydrogen-bond acceptors (Lipinski definition) is 7. The highest BCUT2D eigenvalue weighted by atomic mass is 79.9. The number of rotatable bonds is 4. The van der Waals surface area contributed by atoms with Gasteiger partial charge in [0.15, 0.2) is 0 Å². The van der Waals surface area contributed by atoms with Crippen LogP contribution < -0.4 is 15.8 Å². The number of carbonyl (C=O) groups is 2. The van der Waals surface area contributed by atoms with Crippen LogP contribution in [-0.2, 0) is 14.3 Å². The van der Waals surface area contributed by atoms with Crippen molar-refractivity contribution in [2.45, 2.75) is 25.7 Å². The number of anilines is 2. The molecule has 0 spiro atoms. The van der Waals surface area contributed by atoms with Crippen molar-refractivity contribution in [3.8, 4) is 6.07 Å². The normalized spacial score (nSPS) is 20.8. The Kier molecular flexibility index (Phi) is 6.28. The number of halogens is 1. The van der Waals surface area contributed by atoms with Crippen molar-refractivity contribution in [2.24, 2.45) is 11.8 Å². The number of aromatic amines is 1. The number of nitrogens with zero attached hydrogens (tertiary/aromatic N) is 3. The molecule has 1 aromatic carbocycles. The van der Waals surface area contributed by atoms with Crippen molar-refractivity contribution in [1.29, 1.82) is 5.26 Å². The molecule has 3 heterocycles. The minimum absolute atomic E-state index is 0.165. The van der Waals surface area contributed by atoms with E-state index in [0.717, 1.165) is 4.47 Å². The van der Waals surface area contributed by atoms with Gasteiger partial charge in [0.25, 0.3) is 5.56 Å².